The molecule has 0 heterocycles. The smallest absolute Gasteiger partial charge is 0.220 e. The number of hydrogen-bond donors (Lipinski definition) is 2. The zero-order valence-electron chi connectivity index (χ0n) is 11.9. The van der Waals surface area contributed by atoms with Crippen molar-refractivity contribution in [2.75, 3.05) is 0 Å². The first kappa shape index (κ1) is 14.1. The second kappa shape index (κ2) is 6.20. The maximum atomic E-state index is 11.9. The van der Waals surface area contributed by atoms with Crippen LogP contribution in [0.4, 0.5) is 0 Å². The van der Waals surface area contributed by atoms with Crippen molar-refractivity contribution in [3.8, 4) is 0 Å². The van der Waals surface area contributed by atoms with Crippen molar-refractivity contribution in [2.24, 2.45) is 11.7 Å². The Balaban J connectivity index is 1.83. The van der Waals surface area contributed by atoms with E-state index in [0.29, 0.717) is 18.9 Å². The summed E-state index contributed by atoms with van der Waals surface area (Å²) in [4.78, 5) is 11.9. The molecule has 3 nitrogen and oxygen atoms in total. The Hall–Kier alpha value is -1.35. The molecule has 2 atom stereocenters. The van der Waals surface area contributed by atoms with Crippen LogP contribution in [0.1, 0.15) is 42.4 Å². The van der Waals surface area contributed by atoms with Gasteiger partial charge in [-0.15, -0.1) is 0 Å². The lowest BCUT2D eigenvalue weighted by atomic mass is 9.99. The molecule has 1 aliphatic rings. The number of rotatable bonds is 4. The summed E-state index contributed by atoms with van der Waals surface area (Å²) in [5, 5.41) is 3.01. The molecule has 0 spiro atoms. The average molecular weight is 260 g/mol. The molecule has 104 valence electrons. The molecule has 0 aliphatic heterocycles. The highest BCUT2D eigenvalue weighted by molar-refractivity contribution is 5.76. The molecule has 0 saturated heterocycles. The molecule has 1 aromatic rings. The van der Waals surface area contributed by atoms with Crippen LogP contribution in [0.3, 0.4) is 0 Å². The van der Waals surface area contributed by atoms with Crippen molar-refractivity contribution in [3.05, 3.63) is 34.9 Å². The number of hydrogen-bond acceptors (Lipinski definition) is 2. The highest BCUT2D eigenvalue weighted by Crippen LogP contribution is 2.26. The number of nitrogens with two attached hydrogens (primary N) is 1. The van der Waals surface area contributed by atoms with E-state index in [0.717, 1.165) is 19.3 Å². The van der Waals surface area contributed by atoms with E-state index in [9.17, 15) is 4.79 Å². The number of amides is 1. The number of benzene rings is 1. The van der Waals surface area contributed by atoms with Gasteiger partial charge in [-0.1, -0.05) is 30.2 Å². The van der Waals surface area contributed by atoms with E-state index >= 15 is 0 Å². The van der Waals surface area contributed by atoms with Gasteiger partial charge in [-0.2, -0.15) is 0 Å². The van der Waals surface area contributed by atoms with E-state index in [1.165, 1.54) is 16.7 Å². The van der Waals surface area contributed by atoms with Gasteiger partial charge >= 0.3 is 0 Å². The van der Waals surface area contributed by atoms with E-state index < -0.39 is 0 Å². The van der Waals surface area contributed by atoms with E-state index in [-0.39, 0.29) is 11.9 Å². The molecule has 1 amide bonds. The summed E-state index contributed by atoms with van der Waals surface area (Å²) in [7, 11) is 0. The molecule has 1 aliphatic carbocycles. The van der Waals surface area contributed by atoms with Crippen LogP contribution in [0.25, 0.3) is 0 Å². The van der Waals surface area contributed by atoms with Gasteiger partial charge in [-0.25, -0.2) is 0 Å². The summed E-state index contributed by atoms with van der Waals surface area (Å²) in [6.45, 7) is 4.78. The van der Waals surface area contributed by atoms with Crippen LogP contribution in [0, 0.1) is 19.8 Å². The fourth-order valence-corrected chi connectivity index (χ4v) is 2.87. The van der Waals surface area contributed by atoms with Gasteiger partial charge in [0.05, 0.1) is 0 Å². The summed E-state index contributed by atoms with van der Waals surface area (Å²) in [5.74, 6) is 0.501. The highest BCUT2D eigenvalue weighted by atomic mass is 16.1. The van der Waals surface area contributed by atoms with Crippen molar-refractivity contribution >= 4 is 5.91 Å². The van der Waals surface area contributed by atoms with Crippen molar-refractivity contribution in [1.29, 1.82) is 0 Å². The number of aryl methyl sites for hydroxylation is 2. The van der Waals surface area contributed by atoms with E-state index in [1.54, 1.807) is 0 Å². The summed E-state index contributed by atoms with van der Waals surface area (Å²) >= 11 is 0. The second-order valence-electron chi connectivity index (χ2n) is 5.77. The van der Waals surface area contributed by atoms with Gasteiger partial charge in [0.25, 0.3) is 0 Å². The van der Waals surface area contributed by atoms with Crippen LogP contribution < -0.4 is 11.1 Å². The molecule has 3 N–H and O–H groups in total. The Bertz CT molecular complexity index is 456. The van der Waals surface area contributed by atoms with Gasteiger partial charge in [-0.3, -0.25) is 4.79 Å². The first-order chi connectivity index (χ1) is 9.06. The first-order valence-electron chi connectivity index (χ1n) is 7.14. The lowest BCUT2D eigenvalue weighted by molar-refractivity contribution is -0.122. The molecule has 2 rings (SSSR count). The van der Waals surface area contributed by atoms with Gasteiger partial charge in [0.2, 0.25) is 5.91 Å². The molecule has 1 aromatic carbocycles. The van der Waals surface area contributed by atoms with E-state index in [2.05, 4.69) is 37.4 Å². The van der Waals surface area contributed by atoms with Crippen molar-refractivity contribution < 1.29 is 4.79 Å². The molecule has 3 heteroatoms. The molecule has 0 unspecified atom stereocenters. The SMILES string of the molecule is Cc1ccc(CNC(=O)C[C@@H]2CCC[C@H]2N)c(C)c1. The molecule has 0 bridgehead atoms. The third-order valence-electron chi connectivity index (χ3n) is 4.14. The van der Waals surface area contributed by atoms with Crippen LogP contribution >= 0.6 is 0 Å². The maximum absolute atomic E-state index is 11.9. The molecule has 0 radical (unpaired) electrons. The highest BCUT2D eigenvalue weighted by Gasteiger charge is 2.25. The summed E-state index contributed by atoms with van der Waals surface area (Å²) in [6.07, 6.45) is 3.90. The van der Waals surface area contributed by atoms with Crippen LogP contribution in [-0.4, -0.2) is 11.9 Å². The Labute approximate surface area is 115 Å². The van der Waals surface area contributed by atoms with Gasteiger partial charge in [-0.05, 0) is 43.7 Å². The molecule has 1 saturated carbocycles. The Morgan fingerprint density at radius 2 is 2.16 bits per heavy atom. The molecule has 19 heavy (non-hydrogen) atoms. The number of carbonyl (C=O) groups is 1. The monoisotopic (exact) mass is 260 g/mol. The Morgan fingerprint density at radius 1 is 1.37 bits per heavy atom. The van der Waals surface area contributed by atoms with Crippen LogP contribution in [0.15, 0.2) is 18.2 Å². The molecule has 1 fully saturated rings. The predicted molar refractivity (Wildman–Crippen MR) is 77.7 cm³/mol. The zero-order valence-corrected chi connectivity index (χ0v) is 11.9. The fraction of sp³-hybridized carbons (Fsp3) is 0.562. The predicted octanol–water partition coefficient (Wildman–Crippen LogP) is 2.44. The number of nitrogens with one attached hydrogen (secondary N) is 1. The fourth-order valence-electron chi connectivity index (χ4n) is 2.87. The minimum absolute atomic E-state index is 0.127. The third kappa shape index (κ3) is 3.80. The van der Waals surface area contributed by atoms with Crippen molar-refractivity contribution in [1.82, 2.24) is 5.32 Å². The summed E-state index contributed by atoms with van der Waals surface area (Å²) in [6, 6.07) is 6.54. The lowest BCUT2D eigenvalue weighted by Crippen LogP contribution is -2.31. The lowest BCUT2D eigenvalue weighted by Gasteiger charge is -2.15. The Morgan fingerprint density at radius 3 is 2.79 bits per heavy atom. The second-order valence-corrected chi connectivity index (χ2v) is 5.77. The van der Waals surface area contributed by atoms with Gasteiger partial charge in [0.15, 0.2) is 0 Å². The third-order valence-corrected chi connectivity index (χ3v) is 4.14. The zero-order chi connectivity index (χ0) is 13.8. The van der Waals surface area contributed by atoms with E-state index in [1.807, 2.05) is 0 Å². The van der Waals surface area contributed by atoms with Crippen LogP contribution in [-0.2, 0) is 11.3 Å². The molecular formula is C16H24N2O. The largest absolute Gasteiger partial charge is 0.352 e. The normalized spacial score (nSPS) is 22.5. The van der Waals surface area contributed by atoms with Gasteiger partial charge < -0.3 is 11.1 Å². The average Bonchev–Trinajstić information content (AvgIpc) is 2.74. The van der Waals surface area contributed by atoms with Crippen LogP contribution in [0.5, 0.6) is 0 Å². The first-order valence-corrected chi connectivity index (χ1v) is 7.14. The van der Waals surface area contributed by atoms with Crippen molar-refractivity contribution in [3.63, 3.8) is 0 Å². The molecule has 0 aromatic heterocycles. The Kier molecular flexibility index (Phi) is 4.59. The van der Waals surface area contributed by atoms with Gasteiger partial charge in [0, 0.05) is 19.0 Å². The quantitative estimate of drug-likeness (QED) is 0.873. The minimum atomic E-state index is 0.127. The topological polar surface area (TPSA) is 55.1 Å². The van der Waals surface area contributed by atoms with Crippen LogP contribution in [0.2, 0.25) is 0 Å². The van der Waals surface area contributed by atoms with Gasteiger partial charge in [0.1, 0.15) is 0 Å². The van der Waals surface area contributed by atoms with E-state index in [4.69, 9.17) is 5.73 Å². The maximum Gasteiger partial charge on any atom is 0.220 e. The standard InChI is InChI=1S/C16H24N2O/c1-11-6-7-14(12(2)8-11)10-18-16(19)9-13-4-3-5-15(13)17/h6-8,13,15H,3-5,9-10,17H2,1-2H3,(H,18,19)/t13-,15+/m0/s1. The minimum Gasteiger partial charge on any atom is -0.352 e. The number of carbonyl (C=O) groups excluding carboxylic acids is 1. The van der Waals surface area contributed by atoms with Crippen molar-refractivity contribution in [2.45, 2.75) is 52.1 Å². The summed E-state index contributed by atoms with van der Waals surface area (Å²) < 4.78 is 0. The summed E-state index contributed by atoms with van der Waals surface area (Å²) in [5.41, 5.74) is 9.67. The molecular weight excluding hydrogens is 236 g/mol.